The molecule has 1 amide bonds. The maximum absolute atomic E-state index is 13.0. The molecule has 0 aliphatic heterocycles. The van der Waals surface area contributed by atoms with Gasteiger partial charge in [-0.3, -0.25) is 4.79 Å². The number of nitrogens with zero attached hydrogens (tertiary/aromatic N) is 2. The van der Waals surface area contributed by atoms with Crippen LogP contribution in [0.1, 0.15) is 16.1 Å². The van der Waals surface area contributed by atoms with Gasteiger partial charge in [0.05, 0.1) is 16.2 Å². The van der Waals surface area contributed by atoms with Crippen molar-refractivity contribution in [1.82, 2.24) is 9.97 Å². The minimum Gasteiger partial charge on any atom is -0.322 e. The lowest BCUT2D eigenvalue weighted by atomic mass is 10.1. The lowest BCUT2D eigenvalue weighted by Gasteiger charge is -2.09. The van der Waals surface area contributed by atoms with Gasteiger partial charge in [0, 0.05) is 17.4 Å². The van der Waals surface area contributed by atoms with Gasteiger partial charge in [-0.2, -0.15) is 0 Å². The van der Waals surface area contributed by atoms with Gasteiger partial charge in [-0.1, -0.05) is 0 Å². The van der Waals surface area contributed by atoms with Crippen molar-refractivity contribution in [3.8, 4) is 11.4 Å². The van der Waals surface area contributed by atoms with Crippen LogP contribution in [-0.2, 0) is 10.0 Å². The van der Waals surface area contributed by atoms with Gasteiger partial charge >= 0.3 is 0 Å². The second-order valence-corrected chi connectivity index (χ2v) is 7.28. The molecule has 0 fully saturated rings. The highest BCUT2D eigenvalue weighted by Gasteiger charge is 2.14. The van der Waals surface area contributed by atoms with E-state index in [-0.39, 0.29) is 16.3 Å². The van der Waals surface area contributed by atoms with E-state index in [0.29, 0.717) is 22.8 Å². The Bertz CT molecular complexity index is 1100. The van der Waals surface area contributed by atoms with Crippen molar-refractivity contribution in [3.05, 3.63) is 71.8 Å². The van der Waals surface area contributed by atoms with E-state index < -0.39 is 15.9 Å². The number of hydrogen-bond acceptors (Lipinski definition) is 5. The second-order valence-electron chi connectivity index (χ2n) is 5.72. The summed E-state index contributed by atoms with van der Waals surface area (Å²) in [6.07, 6.45) is 1.38. The lowest BCUT2D eigenvalue weighted by molar-refractivity contribution is 0.102. The van der Waals surface area contributed by atoms with Gasteiger partial charge in [-0.05, 0) is 55.5 Å². The van der Waals surface area contributed by atoms with E-state index in [1.54, 1.807) is 19.1 Å². The molecule has 0 spiro atoms. The van der Waals surface area contributed by atoms with Crippen LogP contribution in [0.5, 0.6) is 0 Å². The Morgan fingerprint density at radius 1 is 1.07 bits per heavy atom. The van der Waals surface area contributed by atoms with Crippen LogP contribution in [0.4, 0.5) is 10.1 Å². The first-order valence-corrected chi connectivity index (χ1v) is 9.32. The molecule has 9 heteroatoms. The van der Waals surface area contributed by atoms with Crippen LogP contribution in [0.25, 0.3) is 11.4 Å². The van der Waals surface area contributed by atoms with Crippen LogP contribution in [0.2, 0.25) is 0 Å². The molecule has 0 saturated heterocycles. The summed E-state index contributed by atoms with van der Waals surface area (Å²) in [5, 5.41) is 7.68. The largest absolute Gasteiger partial charge is 0.322 e. The number of aryl methyl sites for hydroxylation is 1. The Labute approximate surface area is 155 Å². The van der Waals surface area contributed by atoms with E-state index >= 15 is 0 Å². The molecule has 0 saturated carbocycles. The molecule has 0 aliphatic rings. The summed E-state index contributed by atoms with van der Waals surface area (Å²) in [5.41, 5.74) is 1.74. The molecule has 0 aliphatic carbocycles. The highest BCUT2D eigenvalue weighted by atomic mass is 32.2. The Balaban J connectivity index is 1.80. The fraction of sp³-hybridized carbons (Fsp3) is 0.0556. The maximum Gasteiger partial charge on any atom is 0.259 e. The fourth-order valence-corrected chi connectivity index (χ4v) is 2.87. The number of anilines is 1. The van der Waals surface area contributed by atoms with Crippen molar-refractivity contribution in [3.63, 3.8) is 0 Å². The lowest BCUT2D eigenvalue weighted by Crippen LogP contribution is -2.15. The van der Waals surface area contributed by atoms with Gasteiger partial charge < -0.3 is 5.32 Å². The number of nitrogens with one attached hydrogen (secondary N) is 1. The third-order valence-corrected chi connectivity index (χ3v) is 4.70. The summed E-state index contributed by atoms with van der Waals surface area (Å²) in [4.78, 5) is 20.8. The van der Waals surface area contributed by atoms with Crippen LogP contribution >= 0.6 is 0 Å². The Morgan fingerprint density at radius 3 is 2.26 bits per heavy atom. The number of halogens is 1. The predicted octanol–water partition coefficient (Wildman–Crippen LogP) is 2.49. The molecular weight excluding hydrogens is 371 g/mol. The molecule has 3 aromatic rings. The number of hydrogen-bond donors (Lipinski definition) is 2. The van der Waals surface area contributed by atoms with Crippen LogP contribution in [0, 0.1) is 12.7 Å². The molecule has 3 N–H and O–H groups in total. The highest BCUT2D eigenvalue weighted by Crippen LogP contribution is 2.18. The average molecular weight is 386 g/mol. The Hall–Kier alpha value is -3.17. The number of sulfonamides is 1. The zero-order valence-corrected chi connectivity index (χ0v) is 15.0. The molecule has 7 nitrogen and oxygen atoms in total. The average Bonchev–Trinajstić information content (AvgIpc) is 2.62. The molecule has 2 aromatic carbocycles. The molecule has 27 heavy (non-hydrogen) atoms. The molecule has 0 radical (unpaired) electrons. The van der Waals surface area contributed by atoms with Gasteiger partial charge in [0.2, 0.25) is 10.0 Å². The summed E-state index contributed by atoms with van der Waals surface area (Å²) in [5.74, 6) is -0.428. The van der Waals surface area contributed by atoms with Crippen LogP contribution in [-0.4, -0.2) is 24.3 Å². The third kappa shape index (κ3) is 4.33. The number of aromatic nitrogens is 2. The number of amides is 1. The Kier molecular flexibility index (Phi) is 4.98. The Morgan fingerprint density at radius 2 is 1.70 bits per heavy atom. The number of rotatable bonds is 4. The SMILES string of the molecule is Cc1nc(-c2ccc(F)cc2)ncc1C(=O)Nc1ccc(S(N)(=O)=O)cc1. The molecule has 1 aromatic heterocycles. The number of carbonyl (C=O) groups excluding carboxylic acids is 1. The zero-order chi connectivity index (χ0) is 19.6. The van der Waals surface area contributed by atoms with Gasteiger partial charge in [0.1, 0.15) is 5.82 Å². The molecule has 0 atom stereocenters. The summed E-state index contributed by atoms with van der Waals surface area (Å²) < 4.78 is 35.5. The quantitative estimate of drug-likeness (QED) is 0.715. The van der Waals surface area contributed by atoms with E-state index in [4.69, 9.17) is 5.14 Å². The van der Waals surface area contributed by atoms with Crippen molar-refractivity contribution < 1.29 is 17.6 Å². The predicted molar refractivity (Wildman–Crippen MR) is 97.9 cm³/mol. The number of carbonyl (C=O) groups is 1. The monoisotopic (exact) mass is 386 g/mol. The van der Waals surface area contributed by atoms with Crippen molar-refractivity contribution in [2.45, 2.75) is 11.8 Å². The second kappa shape index (κ2) is 7.22. The van der Waals surface area contributed by atoms with E-state index in [1.807, 2.05) is 0 Å². The topological polar surface area (TPSA) is 115 Å². The fourth-order valence-electron chi connectivity index (χ4n) is 2.35. The van der Waals surface area contributed by atoms with E-state index in [1.165, 1.54) is 42.6 Å². The molecule has 0 bridgehead atoms. The van der Waals surface area contributed by atoms with Crippen LogP contribution in [0.15, 0.2) is 59.6 Å². The van der Waals surface area contributed by atoms with E-state index in [0.717, 1.165) is 0 Å². The highest BCUT2D eigenvalue weighted by molar-refractivity contribution is 7.89. The van der Waals surface area contributed by atoms with Crippen molar-refractivity contribution in [2.24, 2.45) is 5.14 Å². The molecule has 138 valence electrons. The molecule has 0 unspecified atom stereocenters. The van der Waals surface area contributed by atoms with Gasteiger partial charge in [-0.25, -0.2) is 27.9 Å². The minimum atomic E-state index is -3.80. The number of nitrogens with two attached hydrogens (primary N) is 1. The summed E-state index contributed by atoms with van der Waals surface area (Å²) in [6, 6.07) is 11.2. The summed E-state index contributed by atoms with van der Waals surface area (Å²) in [6.45, 7) is 1.66. The van der Waals surface area contributed by atoms with Crippen LogP contribution in [0.3, 0.4) is 0 Å². The minimum absolute atomic E-state index is 0.0522. The van der Waals surface area contributed by atoms with Gasteiger partial charge in [-0.15, -0.1) is 0 Å². The van der Waals surface area contributed by atoms with Crippen molar-refractivity contribution >= 4 is 21.6 Å². The van der Waals surface area contributed by atoms with E-state index in [2.05, 4.69) is 15.3 Å². The first kappa shape index (κ1) is 18.6. The smallest absolute Gasteiger partial charge is 0.259 e. The molecule has 3 rings (SSSR count). The van der Waals surface area contributed by atoms with Gasteiger partial charge in [0.15, 0.2) is 5.82 Å². The first-order chi connectivity index (χ1) is 12.7. The van der Waals surface area contributed by atoms with Crippen molar-refractivity contribution in [2.75, 3.05) is 5.32 Å². The summed E-state index contributed by atoms with van der Waals surface area (Å²) >= 11 is 0. The normalized spacial score (nSPS) is 11.2. The molecular formula is C18H15FN4O3S. The first-order valence-electron chi connectivity index (χ1n) is 7.78. The summed E-state index contributed by atoms with van der Waals surface area (Å²) in [7, 11) is -3.80. The number of primary sulfonamides is 1. The standard InChI is InChI=1S/C18H15FN4O3S/c1-11-16(10-21-17(22-11)12-2-4-13(19)5-3-12)18(24)23-14-6-8-15(9-7-14)27(20,25)26/h2-10H,1H3,(H,23,24)(H2,20,25,26). The maximum atomic E-state index is 13.0. The molecule has 1 heterocycles. The van der Waals surface area contributed by atoms with Gasteiger partial charge in [0.25, 0.3) is 5.91 Å². The number of benzene rings is 2. The van der Waals surface area contributed by atoms with Crippen molar-refractivity contribution in [1.29, 1.82) is 0 Å². The zero-order valence-electron chi connectivity index (χ0n) is 14.2. The third-order valence-electron chi connectivity index (χ3n) is 3.77. The van der Waals surface area contributed by atoms with Crippen LogP contribution < -0.4 is 10.5 Å². The van der Waals surface area contributed by atoms with E-state index in [9.17, 15) is 17.6 Å².